The molecular weight excluding hydrogens is 140 g/mol. The molecule has 0 aromatic rings. The van der Waals surface area contributed by atoms with Crippen molar-refractivity contribution in [2.75, 3.05) is 0 Å². The van der Waals surface area contributed by atoms with E-state index in [1.165, 1.54) is 0 Å². The summed E-state index contributed by atoms with van der Waals surface area (Å²) in [7, 11) is 0. The Morgan fingerprint density at radius 3 is 1.56 bits per heavy atom. The molecule has 0 spiro atoms. The molecule has 0 radical (unpaired) electrons. The highest BCUT2D eigenvalue weighted by Gasteiger charge is 2.66. The predicted octanol–water partition coefficient (Wildman–Crippen LogP) is 0.672. The molecule has 5 heteroatoms. The lowest BCUT2D eigenvalue weighted by atomic mass is 9.86. The molecule has 1 nitrogen and oxygen atoms in total. The van der Waals surface area contributed by atoms with Crippen molar-refractivity contribution in [3.05, 3.63) is 0 Å². The highest BCUT2D eigenvalue weighted by molar-refractivity contribution is 5.05. The Balaban J connectivity index is 2.62. The zero-order valence-corrected chi connectivity index (χ0v) is 4.19. The molecule has 0 bridgehead atoms. The van der Waals surface area contributed by atoms with Crippen LogP contribution in [0.2, 0.25) is 0 Å². The first kappa shape index (κ1) is 6.80. The molecule has 1 fully saturated rings. The topological polar surface area (TPSA) is 20.2 Å². The van der Waals surface area contributed by atoms with Gasteiger partial charge in [0.25, 0.3) is 0 Å². The maximum absolute atomic E-state index is 11.7. The van der Waals surface area contributed by atoms with Gasteiger partial charge < -0.3 is 5.11 Å². The minimum atomic E-state index is -3.97. The molecule has 1 aliphatic rings. The summed E-state index contributed by atoms with van der Waals surface area (Å²) >= 11 is 0. The van der Waals surface area contributed by atoms with Gasteiger partial charge in [0, 0.05) is 0 Å². The lowest BCUT2D eigenvalue weighted by Gasteiger charge is -2.38. The number of alkyl halides is 4. The van der Waals surface area contributed by atoms with Gasteiger partial charge in [0.15, 0.2) is 12.3 Å². The maximum atomic E-state index is 11.7. The van der Waals surface area contributed by atoms with Gasteiger partial charge in [-0.3, -0.25) is 0 Å². The van der Waals surface area contributed by atoms with Crippen LogP contribution in [0, 0.1) is 0 Å². The Hall–Kier alpha value is -0.320. The third-order valence-corrected chi connectivity index (χ3v) is 1.34. The fourth-order valence-electron chi connectivity index (χ4n) is 0.637. The van der Waals surface area contributed by atoms with E-state index in [2.05, 4.69) is 0 Å². The summed E-state index contributed by atoms with van der Waals surface area (Å²) in [5.41, 5.74) is 0. The van der Waals surface area contributed by atoms with E-state index in [-0.39, 0.29) is 0 Å². The van der Waals surface area contributed by atoms with E-state index < -0.39 is 24.4 Å². The highest BCUT2D eigenvalue weighted by Crippen LogP contribution is 2.42. The van der Waals surface area contributed by atoms with Crippen molar-refractivity contribution in [3.63, 3.8) is 0 Å². The molecule has 1 rings (SSSR count). The average Bonchev–Trinajstić information content (AvgIpc) is 1.84. The van der Waals surface area contributed by atoms with E-state index in [1.807, 2.05) is 0 Å². The van der Waals surface area contributed by atoms with Gasteiger partial charge in [-0.15, -0.1) is 0 Å². The van der Waals surface area contributed by atoms with Crippen LogP contribution in [-0.2, 0) is 0 Å². The second-order valence-corrected chi connectivity index (χ2v) is 1.97. The molecule has 54 valence electrons. The third kappa shape index (κ3) is 0.640. The Labute approximate surface area is 48.3 Å². The SMILES string of the molecule is OC1C(F)C(F)(F)C1F. The molecule has 0 saturated heterocycles. The maximum Gasteiger partial charge on any atom is 0.314 e. The zero-order valence-electron chi connectivity index (χ0n) is 4.19. The highest BCUT2D eigenvalue weighted by atomic mass is 19.3. The van der Waals surface area contributed by atoms with E-state index in [0.717, 1.165) is 0 Å². The summed E-state index contributed by atoms with van der Waals surface area (Å²) in [6, 6.07) is 0. The van der Waals surface area contributed by atoms with Gasteiger partial charge >= 0.3 is 5.92 Å². The molecule has 0 aromatic heterocycles. The van der Waals surface area contributed by atoms with Crippen LogP contribution in [0.3, 0.4) is 0 Å². The molecule has 2 atom stereocenters. The van der Waals surface area contributed by atoms with Crippen molar-refractivity contribution < 1.29 is 22.7 Å². The molecule has 2 unspecified atom stereocenters. The molecule has 0 heterocycles. The number of hydrogen-bond acceptors (Lipinski definition) is 1. The minimum Gasteiger partial charge on any atom is -0.387 e. The third-order valence-electron chi connectivity index (χ3n) is 1.34. The second kappa shape index (κ2) is 1.59. The molecule has 9 heavy (non-hydrogen) atoms. The smallest absolute Gasteiger partial charge is 0.314 e. The van der Waals surface area contributed by atoms with Crippen LogP contribution in [0.1, 0.15) is 0 Å². The minimum absolute atomic E-state index is 2.14. The number of halogens is 4. The fourth-order valence-corrected chi connectivity index (χ4v) is 0.637. The molecule has 1 aliphatic carbocycles. The Morgan fingerprint density at radius 1 is 1.11 bits per heavy atom. The van der Waals surface area contributed by atoms with Crippen molar-refractivity contribution in [2.45, 2.75) is 24.4 Å². The van der Waals surface area contributed by atoms with Gasteiger partial charge in [-0.1, -0.05) is 0 Å². The van der Waals surface area contributed by atoms with Crippen LogP contribution >= 0.6 is 0 Å². The van der Waals surface area contributed by atoms with Crippen LogP contribution in [0.4, 0.5) is 17.6 Å². The van der Waals surface area contributed by atoms with Crippen LogP contribution < -0.4 is 0 Å². The Morgan fingerprint density at radius 2 is 1.44 bits per heavy atom. The first-order valence-electron chi connectivity index (χ1n) is 2.32. The normalized spacial score (nSPS) is 48.3. The summed E-state index contributed by atoms with van der Waals surface area (Å²) in [5.74, 6) is -3.97. The van der Waals surface area contributed by atoms with Crippen molar-refractivity contribution in [1.82, 2.24) is 0 Å². The zero-order chi connectivity index (χ0) is 7.23. The number of aliphatic hydroxyl groups is 1. The lowest BCUT2D eigenvalue weighted by Crippen LogP contribution is -2.64. The van der Waals surface area contributed by atoms with E-state index in [9.17, 15) is 17.6 Å². The van der Waals surface area contributed by atoms with Gasteiger partial charge in [0.1, 0.15) is 6.10 Å². The summed E-state index contributed by atoms with van der Waals surface area (Å²) in [6.45, 7) is 0. The van der Waals surface area contributed by atoms with Gasteiger partial charge in [0.2, 0.25) is 0 Å². The first-order chi connectivity index (χ1) is 3.98. The number of rotatable bonds is 0. The van der Waals surface area contributed by atoms with E-state index in [1.54, 1.807) is 0 Å². The largest absolute Gasteiger partial charge is 0.387 e. The second-order valence-electron chi connectivity index (χ2n) is 1.97. The molecule has 0 amide bonds. The van der Waals surface area contributed by atoms with Crippen molar-refractivity contribution >= 4 is 0 Å². The first-order valence-corrected chi connectivity index (χ1v) is 2.32. The van der Waals surface area contributed by atoms with E-state index in [4.69, 9.17) is 5.11 Å². The summed E-state index contributed by atoms with van der Waals surface area (Å²) in [5, 5.41) is 8.09. The van der Waals surface area contributed by atoms with Crippen molar-refractivity contribution in [1.29, 1.82) is 0 Å². The van der Waals surface area contributed by atoms with Gasteiger partial charge in [-0.2, -0.15) is 8.78 Å². The van der Waals surface area contributed by atoms with Gasteiger partial charge in [-0.05, 0) is 0 Å². The monoisotopic (exact) mass is 144 g/mol. The summed E-state index contributed by atoms with van der Waals surface area (Å²) in [6.07, 6.45) is -7.60. The van der Waals surface area contributed by atoms with E-state index >= 15 is 0 Å². The predicted molar refractivity (Wildman–Crippen MR) is 20.7 cm³/mol. The van der Waals surface area contributed by atoms with Crippen molar-refractivity contribution in [3.8, 4) is 0 Å². The van der Waals surface area contributed by atoms with Crippen LogP contribution in [-0.4, -0.2) is 29.5 Å². The number of aliphatic hydroxyl groups excluding tert-OH is 1. The molecule has 0 aromatic carbocycles. The number of hydrogen-bond donors (Lipinski definition) is 1. The molecular formula is C4H4F4O. The van der Waals surface area contributed by atoms with Gasteiger partial charge in [-0.25, -0.2) is 8.78 Å². The van der Waals surface area contributed by atoms with Crippen molar-refractivity contribution in [2.24, 2.45) is 0 Å². The standard InChI is InChI=1S/C4H4F4O/c5-2-1(9)3(6)4(2,7)8/h1-3,9H. The fraction of sp³-hybridized carbons (Fsp3) is 1.00. The average molecular weight is 144 g/mol. The Kier molecular flexibility index (Phi) is 1.20. The van der Waals surface area contributed by atoms with Crippen LogP contribution in [0.25, 0.3) is 0 Å². The summed E-state index contributed by atoms with van der Waals surface area (Å²) < 4.78 is 46.7. The van der Waals surface area contributed by atoms with Gasteiger partial charge in [0.05, 0.1) is 0 Å². The quantitative estimate of drug-likeness (QED) is 0.495. The molecule has 1 N–H and O–H groups in total. The molecule has 0 aliphatic heterocycles. The molecule has 1 saturated carbocycles. The summed E-state index contributed by atoms with van der Waals surface area (Å²) in [4.78, 5) is 0. The Bertz CT molecular complexity index is 114. The van der Waals surface area contributed by atoms with E-state index in [0.29, 0.717) is 0 Å². The van der Waals surface area contributed by atoms with Crippen LogP contribution in [0.15, 0.2) is 0 Å². The van der Waals surface area contributed by atoms with Crippen LogP contribution in [0.5, 0.6) is 0 Å². The lowest BCUT2D eigenvalue weighted by molar-refractivity contribution is -0.262.